The fourth-order valence-electron chi connectivity index (χ4n) is 3.19. The molecule has 1 N–H and O–H groups in total. The van der Waals surface area contributed by atoms with Gasteiger partial charge in [0.15, 0.2) is 0 Å². The Labute approximate surface area is 147 Å². The molecule has 0 radical (unpaired) electrons. The molecule has 5 heteroatoms. The lowest BCUT2D eigenvalue weighted by Gasteiger charge is -2.20. The molecular formula is C20H23FN2O2. The number of hydrogen-bond acceptors (Lipinski definition) is 3. The van der Waals surface area contributed by atoms with Crippen molar-refractivity contribution in [2.45, 2.75) is 50.9 Å². The molecule has 0 saturated carbocycles. The van der Waals surface area contributed by atoms with Gasteiger partial charge in [-0.05, 0) is 61.6 Å². The van der Waals surface area contributed by atoms with Crippen LogP contribution in [0.15, 0.2) is 48.8 Å². The summed E-state index contributed by atoms with van der Waals surface area (Å²) in [6.45, 7) is 2.06. The molecule has 1 fully saturated rings. The van der Waals surface area contributed by atoms with Gasteiger partial charge in [-0.3, -0.25) is 9.78 Å². The maximum absolute atomic E-state index is 13.2. The second-order valence-corrected chi connectivity index (χ2v) is 6.52. The topological polar surface area (TPSA) is 51.2 Å². The van der Waals surface area contributed by atoms with E-state index in [-0.39, 0.29) is 30.0 Å². The van der Waals surface area contributed by atoms with Gasteiger partial charge in [-0.2, -0.15) is 0 Å². The van der Waals surface area contributed by atoms with Gasteiger partial charge in [0.2, 0.25) is 5.91 Å². The van der Waals surface area contributed by atoms with Gasteiger partial charge < -0.3 is 10.1 Å². The Morgan fingerprint density at radius 2 is 1.88 bits per heavy atom. The minimum atomic E-state index is -0.320. The minimum Gasteiger partial charge on any atom is -0.375 e. The molecule has 2 heterocycles. The van der Waals surface area contributed by atoms with E-state index in [0.717, 1.165) is 30.4 Å². The summed E-state index contributed by atoms with van der Waals surface area (Å²) in [5.41, 5.74) is 1.76. The first-order valence-electron chi connectivity index (χ1n) is 8.72. The van der Waals surface area contributed by atoms with E-state index in [0.29, 0.717) is 6.42 Å². The van der Waals surface area contributed by atoms with Gasteiger partial charge in [-0.1, -0.05) is 12.1 Å². The summed E-state index contributed by atoms with van der Waals surface area (Å²) in [5, 5.41) is 3.06. The van der Waals surface area contributed by atoms with Gasteiger partial charge in [-0.15, -0.1) is 0 Å². The van der Waals surface area contributed by atoms with E-state index in [9.17, 15) is 9.18 Å². The molecule has 2 aromatic rings. The third kappa shape index (κ3) is 4.86. The molecule has 1 saturated heterocycles. The largest absolute Gasteiger partial charge is 0.375 e. The number of nitrogens with one attached hydrogen (secondary N) is 1. The number of nitrogens with zero attached hydrogens (tertiary/aromatic N) is 1. The summed E-state index contributed by atoms with van der Waals surface area (Å²) in [6.07, 6.45) is 7.05. The second kappa shape index (κ2) is 8.21. The van der Waals surface area contributed by atoms with Crippen molar-refractivity contribution < 1.29 is 13.9 Å². The highest BCUT2D eigenvalue weighted by molar-refractivity contribution is 5.77. The van der Waals surface area contributed by atoms with Crippen LogP contribution in [0.2, 0.25) is 0 Å². The summed E-state index contributed by atoms with van der Waals surface area (Å²) in [6, 6.07) is 9.60. The smallest absolute Gasteiger partial charge is 0.220 e. The Kier molecular flexibility index (Phi) is 5.76. The summed E-state index contributed by atoms with van der Waals surface area (Å²) >= 11 is 0. The molecule has 0 spiro atoms. The van der Waals surface area contributed by atoms with Crippen LogP contribution in [0.1, 0.15) is 49.8 Å². The Balaban J connectivity index is 1.67. The van der Waals surface area contributed by atoms with E-state index in [1.165, 1.54) is 12.1 Å². The lowest BCUT2D eigenvalue weighted by Crippen LogP contribution is -2.30. The SMILES string of the molecule is C[C@@H]1CC[C@@H](CCC(=O)N[C@H](c2ccncc2)c2ccc(F)cc2)O1. The molecule has 0 unspecified atom stereocenters. The number of rotatable bonds is 6. The fraction of sp³-hybridized carbons (Fsp3) is 0.400. The average Bonchev–Trinajstić information content (AvgIpc) is 3.05. The van der Waals surface area contributed by atoms with E-state index in [2.05, 4.69) is 17.2 Å². The number of aromatic nitrogens is 1. The van der Waals surface area contributed by atoms with E-state index < -0.39 is 0 Å². The van der Waals surface area contributed by atoms with Crippen LogP contribution in [-0.4, -0.2) is 23.1 Å². The molecule has 132 valence electrons. The molecular weight excluding hydrogens is 319 g/mol. The van der Waals surface area contributed by atoms with Crippen molar-refractivity contribution in [2.24, 2.45) is 0 Å². The number of pyridine rings is 1. The van der Waals surface area contributed by atoms with Gasteiger partial charge in [0.25, 0.3) is 0 Å². The summed E-state index contributed by atoms with van der Waals surface area (Å²) in [4.78, 5) is 16.5. The minimum absolute atomic E-state index is 0.0331. The first-order valence-corrected chi connectivity index (χ1v) is 8.72. The Bertz CT molecular complexity index is 691. The number of halogens is 1. The monoisotopic (exact) mass is 342 g/mol. The van der Waals surface area contributed by atoms with Crippen LogP contribution in [0.4, 0.5) is 4.39 Å². The Morgan fingerprint density at radius 3 is 2.52 bits per heavy atom. The zero-order valence-corrected chi connectivity index (χ0v) is 14.3. The van der Waals surface area contributed by atoms with Crippen LogP contribution in [0.5, 0.6) is 0 Å². The van der Waals surface area contributed by atoms with E-state index in [4.69, 9.17) is 4.74 Å². The van der Waals surface area contributed by atoms with E-state index in [1.807, 2.05) is 12.1 Å². The van der Waals surface area contributed by atoms with Crippen molar-refractivity contribution in [1.29, 1.82) is 0 Å². The fourth-order valence-corrected chi connectivity index (χ4v) is 3.19. The molecule has 3 rings (SSSR count). The molecule has 1 aliphatic rings. The predicted octanol–water partition coefficient (Wildman–Crippen LogP) is 3.77. The average molecular weight is 342 g/mol. The quantitative estimate of drug-likeness (QED) is 0.869. The van der Waals surface area contributed by atoms with Crippen molar-refractivity contribution in [3.8, 4) is 0 Å². The standard InChI is InChI=1S/C20H23FN2O2/c1-14-2-7-18(25-14)8-9-19(24)23-20(16-10-12-22-13-11-16)15-3-5-17(21)6-4-15/h3-6,10-14,18,20H,2,7-9H2,1H3,(H,23,24)/t14-,18+,20+/m1/s1. The highest BCUT2D eigenvalue weighted by Gasteiger charge is 2.23. The third-order valence-electron chi connectivity index (χ3n) is 4.56. The van der Waals surface area contributed by atoms with Gasteiger partial charge in [0.1, 0.15) is 5.82 Å². The lowest BCUT2D eigenvalue weighted by atomic mass is 9.99. The number of benzene rings is 1. The first kappa shape index (κ1) is 17.5. The van der Waals surface area contributed by atoms with Crippen LogP contribution in [0.3, 0.4) is 0 Å². The van der Waals surface area contributed by atoms with Gasteiger partial charge in [0.05, 0.1) is 18.2 Å². The lowest BCUT2D eigenvalue weighted by molar-refractivity contribution is -0.122. The zero-order chi connectivity index (χ0) is 17.6. The highest BCUT2D eigenvalue weighted by Crippen LogP contribution is 2.24. The highest BCUT2D eigenvalue weighted by atomic mass is 19.1. The zero-order valence-electron chi connectivity index (χ0n) is 14.3. The number of amides is 1. The molecule has 25 heavy (non-hydrogen) atoms. The normalized spacial score (nSPS) is 21.0. The van der Waals surface area contributed by atoms with Crippen molar-refractivity contribution in [3.63, 3.8) is 0 Å². The van der Waals surface area contributed by atoms with Crippen molar-refractivity contribution in [2.75, 3.05) is 0 Å². The van der Waals surface area contributed by atoms with E-state index in [1.54, 1.807) is 24.5 Å². The summed E-state index contributed by atoms with van der Waals surface area (Å²) in [5.74, 6) is -0.328. The number of hydrogen-bond donors (Lipinski definition) is 1. The molecule has 0 aliphatic carbocycles. The first-order chi connectivity index (χ1) is 12.1. The van der Waals surface area contributed by atoms with Crippen LogP contribution in [0, 0.1) is 5.82 Å². The van der Waals surface area contributed by atoms with Gasteiger partial charge >= 0.3 is 0 Å². The van der Waals surface area contributed by atoms with E-state index >= 15 is 0 Å². The molecule has 1 aromatic carbocycles. The van der Waals surface area contributed by atoms with Crippen molar-refractivity contribution in [1.82, 2.24) is 10.3 Å². The van der Waals surface area contributed by atoms with Gasteiger partial charge in [0, 0.05) is 18.8 Å². The van der Waals surface area contributed by atoms with Crippen molar-refractivity contribution in [3.05, 3.63) is 65.7 Å². The number of ether oxygens (including phenoxy) is 1. The molecule has 4 nitrogen and oxygen atoms in total. The second-order valence-electron chi connectivity index (χ2n) is 6.52. The summed E-state index contributed by atoms with van der Waals surface area (Å²) < 4.78 is 19.0. The molecule has 1 amide bonds. The number of carbonyl (C=O) groups excluding carboxylic acids is 1. The number of carbonyl (C=O) groups is 1. The third-order valence-corrected chi connectivity index (χ3v) is 4.56. The molecule has 1 aromatic heterocycles. The Hall–Kier alpha value is -2.27. The molecule has 0 bridgehead atoms. The van der Waals surface area contributed by atoms with Gasteiger partial charge in [-0.25, -0.2) is 4.39 Å². The van der Waals surface area contributed by atoms with Crippen LogP contribution in [-0.2, 0) is 9.53 Å². The van der Waals surface area contributed by atoms with Crippen LogP contribution >= 0.6 is 0 Å². The molecule has 1 aliphatic heterocycles. The Morgan fingerprint density at radius 1 is 1.20 bits per heavy atom. The predicted molar refractivity (Wildman–Crippen MR) is 93.4 cm³/mol. The molecule has 3 atom stereocenters. The maximum atomic E-state index is 13.2. The van der Waals surface area contributed by atoms with Crippen LogP contribution < -0.4 is 5.32 Å². The summed E-state index contributed by atoms with van der Waals surface area (Å²) in [7, 11) is 0. The maximum Gasteiger partial charge on any atom is 0.220 e. The van der Waals surface area contributed by atoms with Crippen LogP contribution in [0.25, 0.3) is 0 Å². The van der Waals surface area contributed by atoms with Crippen molar-refractivity contribution >= 4 is 5.91 Å².